The molecular weight excluding hydrogens is 270 g/mol. The highest BCUT2D eigenvalue weighted by Gasteiger charge is 2.35. The number of hydrogen-bond acceptors (Lipinski definition) is 3. The molecule has 0 spiro atoms. The molecule has 3 nitrogen and oxygen atoms in total. The van der Waals surface area contributed by atoms with E-state index >= 15 is 0 Å². The second kappa shape index (κ2) is 6.69. The van der Waals surface area contributed by atoms with E-state index in [0.29, 0.717) is 12.0 Å². The van der Waals surface area contributed by atoms with Gasteiger partial charge in [-0.3, -0.25) is 4.79 Å². The van der Waals surface area contributed by atoms with Gasteiger partial charge in [0.05, 0.1) is 11.0 Å². The summed E-state index contributed by atoms with van der Waals surface area (Å²) < 4.78 is 0. The molecule has 1 atom stereocenters. The van der Waals surface area contributed by atoms with Crippen molar-refractivity contribution in [1.82, 2.24) is 5.32 Å². The molecule has 0 bridgehead atoms. The fourth-order valence-electron chi connectivity index (χ4n) is 2.80. The van der Waals surface area contributed by atoms with Crippen molar-refractivity contribution >= 4 is 17.7 Å². The van der Waals surface area contributed by atoms with E-state index in [1.165, 1.54) is 0 Å². The van der Waals surface area contributed by atoms with Gasteiger partial charge in [0.1, 0.15) is 0 Å². The molecule has 0 aromatic rings. The first-order chi connectivity index (χ1) is 9.10. The first kappa shape index (κ1) is 17.8. The molecule has 20 heavy (non-hydrogen) atoms. The van der Waals surface area contributed by atoms with Gasteiger partial charge in [0.25, 0.3) is 0 Å². The molecule has 1 aliphatic carbocycles. The Balaban J connectivity index is 2.53. The summed E-state index contributed by atoms with van der Waals surface area (Å²) in [6.07, 6.45) is 6.79. The van der Waals surface area contributed by atoms with Crippen molar-refractivity contribution in [3.63, 3.8) is 0 Å². The van der Waals surface area contributed by atoms with Crippen molar-refractivity contribution in [2.45, 2.75) is 65.4 Å². The molecule has 1 fully saturated rings. The predicted octanol–water partition coefficient (Wildman–Crippen LogP) is 3.21. The zero-order chi connectivity index (χ0) is 15.4. The summed E-state index contributed by atoms with van der Waals surface area (Å²) in [4.78, 5) is 12.2. The van der Waals surface area contributed by atoms with Crippen LogP contribution >= 0.6 is 11.8 Å². The SMILES string of the molecule is CSCC(C)(C)C(=O)NCC1(O)CCCC(C)(C)CC1. The standard InChI is InChI=1S/C16H31NO2S/c1-14(2)7-6-8-16(19,10-9-14)11-17-13(18)15(3,4)12-20-5/h19H,6-12H2,1-5H3,(H,17,18). The summed E-state index contributed by atoms with van der Waals surface area (Å²) in [5.41, 5.74) is -0.786. The van der Waals surface area contributed by atoms with Gasteiger partial charge in [0.15, 0.2) is 0 Å². The molecule has 1 rings (SSSR count). The van der Waals surface area contributed by atoms with Crippen LogP contribution in [0.25, 0.3) is 0 Å². The number of rotatable bonds is 5. The first-order valence-electron chi connectivity index (χ1n) is 7.60. The molecule has 1 amide bonds. The lowest BCUT2D eigenvalue weighted by atomic mass is 9.84. The Morgan fingerprint density at radius 1 is 1.25 bits per heavy atom. The van der Waals surface area contributed by atoms with Crippen LogP contribution in [0.2, 0.25) is 0 Å². The minimum Gasteiger partial charge on any atom is -0.388 e. The Hall–Kier alpha value is -0.220. The second-order valence-electron chi connectivity index (χ2n) is 7.74. The summed E-state index contributed by atoms with van der Waals surface area (Å²) in [7, 11) is 0. The summed E-state index contributed by atoms with van der Waals surface area (Å²) in [6, 6.07) is 0. The van der Waals surface area contributed by atoms with Crippen LogP contribution in [0.1, 0.15) is 59.8 Å². The lowest BCUT2D eigenvalue weighted by molar-refractivity contribution is -0.129. The van der Waals surface area contributed by atoms with E-state index in [1.807, 2.05) is 20.1 Å². The Labute approximate surface area is 128 Å². The third kappa shape index (κ3) is 5.28. The number of amides is 1. The number of aliphatic hydroxyl groups is 1. The lowest BCUT2D eigenvalue weighted by Crippen LogP contribution is -2.47. The molecule has 0 heterocycles. The maximum absolute atomic E-state index is 12.2. The van der Waals surface area contributed by atoms with Crippen molar-refractivity contribution in [1.29, 1.82) is 0 Å². The minimum atomic E-state index is -0.723. The normalized spacial score (nSPS) is 26.9. The van der Waals surface area contributed by atoms with E-state index in [9.17, 15) is 9.90 Å². The molecule has 0 aromatic carbocycles. The Morgan fingerprint density at radius 3 is 2.50 bits per heavy atom. The van der Waals surface area contributed by atoms with Gasteiger partial charge in [-0.1, -0.05) is 27.7 Å². The highest BCUT2D eigenvalue weighted by molar-refractivity contribution is 7.98. The molecule has 4 heteroatoms. The molecule has 1 saturated carbocycles. The molecule has 0 aromatic heterocycles. The van der Waals surface area contributed by atoms with Gasteiger partial charge >= 0.3 is 0 Å². The fourth-order valence-corrected chi connectivity index (χ4v) is 3.66. The number of thioether (sulfide) groups is 1. The van der Waals surface area contributed by atoms with Gasteiger partial charge < -0.3 is 10.4 Å². The first-order valence-corrected chi connectivity index (χ1v) is 8.99. The maximum atomic E-state index is 12.2. The number of nitrogens with one attached hydrogen (secondary N) is 1. The van der Waals surface area contributed by atoms with Gasteiger partial charge in [0, 0.05) is 12.3 Å². The molecule has 1 aliphatic rings. The summed E-state index contributed by atoms with van der Waals surface area (Å²) in [6.45, 7) is 8.83. The van der Waals surface area contributed by atoms with E-state index in [0.717, 1.165) is 37.9 Å². The fraction of sp³-hybridized carbons (Fsp3) is 0.938. The van der Waals surface area contributed by atoms with E-state index in [4.69, 9.17) is 0 Å². The van der Waals surface area contributed by atoms with Gasteiger partial charge in [-0.25, -0.2) is 0 Å². The molecule has 1 unspecified atom stereocenters. The monoisotopic (exact) mass is 301 g/mol. The third-order valence-electron chi connectivity index (χ3n) is 4.46. The molecule has 2 N–H and O–H groups in total. The average Bonchev–Trinajstić information content (AvgIpc) is 2.46. The number of carbonyl (C=O) groups is 1. The lowest BCUT2D eigenvalue weighted by Gasteiger charge is -2.30. The van der Waals surface area contributed by atoms with Gasteiger partial charge in [0.2, 0.25) is 5.91 Å². The predicted molar refractivity (Wildman–Crippen MR) is 87.0 cm³/mol. The average molecular weight is 301 g/mol. The van der Waals surface area contributed by atoms with E-state index in [-0.39, 0.29) is 11.3 Å². The summed E-state index contributed by atoms with van der Waals surface area (Å²) in [5, 5.41) is 13.7. The quantitative estimate of drug-likeness (QED) is 0.767. The molecule has 0 aliphatic heterocycles. The van der Waals surface area contributed by atoms with Gasteiger partial charge in [-0.15, -0.1) is 0 Å². The van der Waals surface area contributed by atoms with Crippen LogP contribution in [0.3, 0.4) is 0 Å². The van der Waals surface area contributed by atoms with Crippen LogP contribution < -0.4 is 5.32 Å². The summed E-state index contributed by atoms with van der Waals surface area (Å²) >= 11 is 1.68. The van der Waals surface area contributed by atoms with Crippen molar-refractivity contribution < 1.29 is 9.90 Å². The van der Waals surface area contributed by atoms with Gasteiger partial charge in [-0.2, -0.15) is 11.8 Å². The van der Waals surface area contributed by atoms with Crippen LogP contribution in [0.5, 0.6) is 0 Å². The Morgan fingerprint density at radius 2 is 1.90 bits per heavy atom. The van der Waals surface area contributed by atoms with Crippen LogP contribution in [0.4, 0.5) is 0 Å². The Kier molecular flexibility index (Phi) is 5.97. The van der Waals surface area contributed by atoms with E-state index in [2.05, 4.69) is 19.2 Å². The summed E-state index contributed by atoms with van der Waals surface area (Å²) in [5.74, 6) is 0.841. The molecular formula is C16H31NO2S. The van der Waals surface area contributed by atoms with E-state index in [1.54, 1.807) is 11.8 Å². The number of carbonyl (C=O) groups excluding carboxylic acids is 1. The van der Waals surface area contributed by atoms with Crippen LogP contribution in [-0.4, -0.2) is 35.2 Å². The van der Waals surface area contributed by atoms with Crippen molar-refractivity contribution in [2.24, 2.45) is 10.8 Å². The molecule has 118 valence electrons. The van der Waals surface area contributed by atoms with E-state index < -0.39 is 5.60 Å². The van der Waals surface area contributed by atoms with Crippen LogP contribution in [0.15, 0.2) is 0 Å². The van der Waals surface area contributed by atoms with Crippen molar-refractivity contribution in [3.05, 3.63) is 0 Å². The molecule has 0 saturated heterocycles. The zero-order valence-corrected chi connectivity index (χ0v) is 14.5. The topological polar surface area (TPSA) is 49.3 Å². The zero-order valence-electron chi connectivity index (χ0n) is 13.7. The smallest absolute Gasteiger partial charge is 0.226 e. The second-order valence-corrected chi connectivity index (χ2v) is 8.61. The number of hydrogen-bond donors (Lipinski definition) is 2. The Bertz CT molecular complexity index is 341. The van der Waals surface area contributed by atoms with Crippen molar-refractivity contribution in [3.8, 4) is 0 Å². The maximum Gasteiger partial charge on any atom is 0.226 e. The largest absolute Gasteiger partial charge is 0.388 e. The van der Waals surface area contributed by atoms with Crippen LogP contribution in [-0.2, 0) is 4.79 Å². The highest BCUT2D eigenvalue weighted by Crippen LogP contribution is 2.37. The third-order valence-corrected chi connectivity index (χ3v) is 5.47. The van der Waals surface area contributed by atoms with Crippen LogP contribution in [0, 0.1) is 10.8 Å². The van der Waals surface area contributed by atoms with Gasteiger partial charge in [-0.05, 0) is 43.8 Å². The molecule has 0 radical (unpaired) electrons. The highest BCUT2D eigenvalue weighted by atomic mass is 32.2. The van der Waals surface area contributed by atoms with Crippen molar-refractivity contribution in [2.75, 3.05) is 18.6 Å². The minimum absolute atomic E-state index is 0.0452.